The van der Waals surface area contributed by atoms with E-state index in [9.17, 15) is 13.2 Å². The van der Waals surface area contributed by atoms with Crippen molar-refractivity contribution in [3.05, 3.63) is 70.3 Å². The molecule has 2 bridgehead atoms. The van der Waals surface area contributed by atoms with E-state index in [1.54, 1.807) is 33.3 Å². The summed E-state index contributed by atoms with van der Waals surface area (Å²) < 4.78 is 48.1. The van der Waals surface area contributed by atoms with Gasteiger partial charge in [0, 0.05) is 43.3 Å². The summed E-state index contributed by atoms with van der Waals surface area (Å²) in [6.07, 6.45) is 9.44. The first kappa shape index (κ1) is 33.3. The van der Waals surface area contributed by atoms with Crippen molar-refractivity contribution in [2.75, 3.05) is 38.8 Å². The zero-order valence-corrected chi connectivity index (χ0v) is 29.1. The Hall–Kier alpha value is -2.59. The van der Waals surface area contributed by atoms with Crippen LogP contribution in [-0.2, 0) is 31.3 Å². The number of allylic oxidation sites excluding steroid dienone is 1. The summed E-state index contributed by atoms with van der Waals surface area (Å²) in [7, 11) is -0.481. The molecule has 4 aliphatic rings. The first-order valence-corrected chi connectivity index (χ1v) is 18.5. The van der Waals surface area contributed by atoms with Crippen LogP contribution in [0.5, 0.6) is 5.75 Å². The molecule has 2 aliphatic heterocycles. The smallest absolute Gasteiger partial charge is 0.264 e. The lowest BCUT2D eigenvalue weighted by atomic mass is 9.62. The standard InChI is InChI=1S/C36H47ClN2O6S/c1-23-8-6-17-36(44-5,25(3)43-4)31-13-10-28(31)20-39-21-35(16-7-9-26-18-29(37)12-14-30(26)35)22-45-33-15-11-27(19-32(33)39)34(40)38-46(41,42)24(23)2/h6,11-12,14-15,17-19,23-25,28,31H,7-10,13,16,20-22H2,1-5H3,(H,38,40)/b17-6+/t23-,24+,25-,28-,31+,35-,36+/m0/s1. The summed E-state index contributed by atoms with van der Waals surface area (Å²) in [5, 5.41) is -0.0517. The maximum Gasteiger partial charge on any atom is 0.264 e. The number of carbonyl (C=O) groups excluding carboxylic acids is 1. The van der Waals surface area contributed by atoms with Crippen molar-refractivity contribution >= 4 is 33.2 Å². The van der Waals surface area contributed by atoms with Crippen molar-refractivity contribution in [1.82, 2.24) is 4.72 Å². The van der Waals surface area contributed by atoms with E-state index in [1.165, 1.54) is 11.1 Å². The quantitative estimate of drug-likeness (QED) is 0.383. The summed E-state index contributed by atoms with van der Waals surface area (Å²) in [6.45, 7) is 7.53. The number of benzene rings is 2. The van der Waals surface area contributed by atoms with Gasteiger partial charge in [-0.3, -0.25) is 4.79 Å². The molecule has 0 radical (unpaired) electrons. The average molecular weight is 671 g/mol. The molecule has 2 heterocycles. The van der Waals surface area contributed by atoms with Gasteiger partial charge in [0.15, 0.2) is 0 Å². The lowest BCUT2D eigenvalue weighted by Crippen LogP contribution is -2.57. The molecule has 10 heteroatoms. The molecule has 7 atom stereocenters. The van der Waals surface area contributed by atoms with Crippen molar-refractivity contribution < 1.29 is 27.4 Å². The second-order valence-electron chi connectivity index (χ2n) is 14.0. The van der Waals surface area contributed by atoms with Gasteiger partial charge in [-0.25, -0.2) is 13.1 Å². The highest BCUT2D eigenvalue weighted by atomic mass is 35.5. The molecule has 1 saturated carbocycles. The highest BCUT2D eigenvalue weighted by Gasteiger charge is 2.51. The Morgan fingerprint density at radius 3 is 2.65 bits per heavy atom. The van der Waals surface area contributed by atoms with Crippen molar-refractivity contribution in [2.24, 2.45) is 17.8 Å². The van der Waals surface area contributed by atoms with E-state index in [0.717, 1.165) is 49.4 Å². The van der Waals surface area contributed by atoms with Crippen molar-refractivity contribution in [2.45, 2.75) is 81.7 Å². The number of hydrogen-bond acceptors (Lipinski definition) is 7. The molecular weight excluding hydrogens is 624 g/mol. The zero-order valence-electron chi connectivity index (χ0n) is 27.6. The minimum atomic E-state index is -3.95. The van der Waals surface area contributed by atoms with Gasteiger partial charge in [0.2, 0.25) is 10.0 Å². The normalized spacial score (nSPS) is 33.8. The van der Waals surface area contributed by atoms with E-state index in [-0.39, 0.29) is 23.4 Å². The zero-order chi connectivity index (χ0) is 32.9. The molecular formula is C36H47ClN2O6S. The predicted octanol–water partition coefficient (Wildman–Crippen LogP) is 6.30. The number of halogens is 1. The number of sulfonamides is 1. The number of nitrogens with one attached hydrogen (secondary N) is 1. The van der Waals surface area contributed by atoms with Gasteiger partial charge in [-0.15, -0.1) is 0 Å². The lowest BCUT2D eigenvalue weighted by Gasteiger charge is -2.52. The van der Waals surface area contributed by atoms with E-state index >= 15 is 0 Å². The Bertz CT molecular complexity index is 1610. The average Bonchev–Trinajstić information content (AvgIpc) is 3.17. The largest absolute Gasteiger partial charge is 0.490 e. The van der Waals surface area contributed by atoms with Crippen LogP contribution in [0.1, 0.15) is 74.4 Å². The molecule has 2 aromatic rings. The summed E-state index contributed by atoms with van der Waals surface area (Å²) >= 11 is 6.44. The number of rotatable bonds is 3. The van der Waals surface area contributed by atoms with Crippen LogP contribution in [0.25, 0.3) is 0 Å². The molecule has 250 valence electrons. The van der Waals surface area contributed by atoms with Crippen LogP contribution in [0, 0.1) is 17.8 Å². The topological polar surface area (TPSA) is 94.2 Å². The van der Waals surface area contributed by atoms with Crippen LogP contribution in [-0.4, -0.2) is 65.2 Å². The summed E-state index contributed by atoms with van der Waals surface area (Å²) in [5.41, 5.74) is 2.67. The third-order valence-corrected chi connectivity index (χ3v) is 13.7. The number of ether oxygens (including phenoxy) is 3. The highest BCUT2D eigenvalue weighted by molar-refractivity contribution is 7.90. The Morgan fingerprint density at radius 2 is 1.93 bits per heavy atom. The fraction of sp³-hybridized carbons (Fsp3) is 0.583. The van der Waals surface area contributed by atoms with E-state index in [1.807, 2.05) is 32.1 Å². The third kappa shape index (κ3) is 5.86. The molecule has 0 aromatic heterocycles. The van der Waals surface area contributed by atoms with Crippen LogP contribution in [0.2, 0.25) is 5.02 Å². The maximum absolute atomic E-state index is 13.5. The molecule has 0 saturated heterocycles. The Balaban J connectivity index is 1.47. The summed E-state index contributed by atoms with van der Waals surface area (Å²) in [6, 6.07) is 11.5. The van der Waals surface area contributed by atoms with E-state index in [4.69, 9.17) is 25.8 Å². The molecule has 2 aromatic carbocycles. The fourth-order valence-electron chi connectivity index (χ4n) is 8.30. The maximum atomic E-state index is 13.5. The molecule has 1 amide bonds. The van der Waals surface area contributed by atoms with E-state index < -0.39 is 26.8 Å². The second-order valence-corrected chi connectivity index (χ2v) is 16.4. The van der Waals surface area contributed by atoms with Crippen LogP contribution >= 0.6 is 11.6 Å². The Morgan fingerprint density at radius 1 is 1.13 bits per heavy atom. The molecule has 1 fully saturated rings. The molecule has 46 heavy (non-hydrogen) atoms. The monoisotopic (exact) mass is 670 g/mol. The second kappa shape index (κ2) is 12.8. The highest BCUT2D eigenvalue weighted by Crippen LogP contribution is 2.50. The molecule has 8 nitrogen and oxygen atoms in total. The van der Waals surface area contributed by atoms with Crippen molar-refractivity contribution in [3.8, 4) is 5.75 Å². The molecule has 6 rings (SSSR count). The number of carbonyl (C=O) groups is 1. The van der Waals surface area contributed by atoms with Gasteiger partial charge < -0.3 is 19.1 Å². The molecule has 0 unspecified atom stereocenters. The number of anilines is 1. The van der Waals surface area contributed by atoms with Gasteiger partial charge in [-0.2, -0.15) is 0 Å². The Kier molecular flexibility index (Phi) is 9.26. The van der Waals surface area contributed by atoms with Gasteiger partial charge in [-0.1, -0.05) is 36.7 Å². The van der Waals surface area contributed by atoms with Gasteiger partial charge in [0.1, 0.15) is 11.4 Å². The van der Waals surface area contributed by atoms with Crippen LogP contribution in [0.15, 0.2) is 48.6 Å². The van der Waals surface area contributed by atoms with Gasteiger partial charge in [-0.05, 0) is 112 Å². The van der Waals surface area contributed by atoms with Crippen LogP contribution in [0.4, 0.5) is 5.69 Å². The summed E-state index contributed by atoms with van der Waals surface area (Å²) in [5.74, 6) is 0.301. The van der Waals surface area contributed by atoms with Crippen LogP contribution in [0.3, 0.4) is 0 Å². The van der Waals surface area contributed by atoms with Crippen molar-refractivity contribution in [3.63, 3.8) is 0 Å². The summed E-state index contributed by atoms with van der Waals surface area (Å²) in [4.78, 5) is 15.9. The first-order valence-electron chi connectivity index (χ1n) is 16.6. The van der Waals surface area contributed by atoms with Gasteiger partial charge >= 0.3 is 0 Å². The van der Waals surface area contributed by atoms with Crippen LogP contribution < -0.4 is 14.4 Å². The van der Waals surface area contributed by atoms with Gasteiger partial charge in [0.25, 0.3) is 5.91 Å². The fourth-order valence-corrected chi connectivity index (χ4v) is 9.78. The SMILES string of the molecule is CO[C@@H](C)[C@]1(OC)/C=C/C[C@H](C)[C@@H](C)S(=O)(=O)NC(=O)c2ccc3c(c2)N(C[C@@H]2CC[C@H]21)C[C@@]1(CCCc2cc(Cl)ccc21)CO3. The number of aryl methyl sites for hydroxylation is 1. The van der Waals surface area contributed by atoms with Gasteiger partial charge in [0.05, 0.1) is 23.6 Å². The Labute approximate surface area is 278 Å². The molecule has 1 N–H and O–H groups in total. The van der Waals surface area contributed by atoms with E-state index in [2.05, 4.69) is 27.8 Å². The van der Waals surface area contributed by atoms with E-state index in [0.29, 0.717) is 36.8 Å². The predicted molar refractivity (Wildman–Crippen MR) is 181 cm³/mol. The number of methoxy groups -OCH3 is 2. The molecule has 2 aliphatic carbocycles. The number of nitrogens with zero attached hydrogens (tertiary/aromatic N) is 1. The number of hydrogen-bond donors (Lipinski definition) is 1. The minimum Gasteiger partial charge on any atom is -0.490 e. The minimum absolute atomic E-state index is 0.181. The molecule has 1 spiro atoms. The number of fused-ring (bicyclic) bond motifs is 4. The number of amides is 1. The van der Waals surface area contributed by atoms with Crippen molar-refractivity contribution in [1.29, 1.82) is 0 Å². The lowest BCUT2D eigenvalue weighted by molar-refractivity contribution is -0.146. The first-order chi connectivity index (χ1) is 21.9. The third-order valence-electron chi connectivity index (χ3n) is 11.5.